The second-order valence-corrected chi connectivity index (χ2v) is 3.29. The Bertz CT molecular complexity index is 123. The Morgan fingerprint density at radius 1 is 1.64 bits per heavy atom. The van der Waals surface area contributed by atoms with Gasteiger partial charge in [-0.1, -0.05) is 6.92 Å². The van der Waals surface area contributed by atoms with E-state index in [0.717, 1.165) is 13.0 Å². The van der Waals surface area contributed by atoms with Crippen LogP contribution in [0.2, 0.25) is 0 Å². The van der Waals surface area contributed by atoms with Gasteiger partial charge in [0.1, 0.15) is 0 Å². The summed E-state index contributed by atoms with van der Waals surface area (Å²) in [4.78, 5) is 0. The lowest BCUT2D eigenvalue weighted by molar-refractivity contribution is -0.0246. The van der Waals surface area contributed by atoms with Crippen LogP contribution in [0.15, 0.2) is 0 Å². The van der Waals surface area contributed by atoms with Crippen molar-refractivity contribution in [2.45, 2.75) is 19.4 Å². The lowest BCUT2D eigenvalue weighted by Gasteiger charge is -2.37. The third-order valence-electron chi connectivity index (χ3n) is 2.29. The molecule has 0 aromatic carbocycles. The molecule has 2 atom stereocenters. The van der Waals surface area contributed by atoms with E-state index < -0.39 is 0 Å². The van der Waals surface area contributed by atoms with E-state index in [0.29, 0.717) is 6.54 Å². The number of hydrogen-bond donors (Lipinski definition) is 3. The normalized spacial score (nSPS) is 37.9. The summed E-state index contributed by atoms with van der Waals surface area (Å²) < 4.78 is 0. The maximum Gasteiger partial charge on any atom is 0.0640 e. The summed E-state index contributed by atoms with van der Waals surface area (Å²) in [5.41, 5.74) is -0.321. The summed E-state index contributed by atoms with van der Waals surface area (Å²) in [6.07, 6.45) is 0.399. The quantitative estimate of drug-likeness (QED) is 0.524. The van der Waals surface area contributed by atoms with Crippen molar-refractivity contribution in [1.82, 2.24) is 5.32 Å². The van der Waals surface area contributed by atoms with Gasteiger partial charge in [-0.25, -0.2) is 0 Å². The van der Waals surface area contributed by atoms with Crippen LogP contribution in [-0.4, -0.2) is 36.0 Å². The Morgan fingerprint density at radius 2 is 2.27 bits per heavy atom. The lowest BCUT2D eigenvalue weighted by atomic mass is 9.81. The Kier molecular flexibility index (Phi) is 4.32. The van der Waals surface area contributed by atoms with Crippen molar-refractivity contribution in [1.29, 1.82) is 0 Å². The van der Waals surface area contributed by atoms with Gasteiger partial charge in [0.2, 0.25) is 0 Å². The molecule has 0 saturated carbocycles. The van der Waals surface area contributed by atoms with Gasteiger partial charge in [0, 0.05) is 12.0 Å². The first-order valence-corrected chi connectivity index (χ1v) is 3.69. The number of rotatable bonds is 1. The predicted octanol–water partition coefficient (Wildman–Crippen LogP) is -0.239. The van der Waals surface area contributed by atoms with E-state index in [1.165, 1.54) is 0 Å². The zero-order chi connectivity index (χ0) is 7.61. The number of hydrogen-bond acceptors (Lipinski definition) is 3. The average Bonchev–Trinajstić information content (AvgIpc) is 1.96. The fraction of sp³-hybridized carbons (Fsp3) is 1.00. The molecule has 1 aliphatic rings. The Morgan fingerprint density at radius 3 is 2.64 bits per heavy atom. The largest absolute Gasteiger partial charge is 0.396 e. The van der Waals surface area contributed by atoms with Crippen LogP contribution < -0.4 is 5.32 Å². The van der Waals surface area contributed by atoms with Crippen molar-refractivity contribution in [3.05, 3.63) is 0 Å². The van der Waals surface area contributed by atoms with Crippen molar-refractivity contribution >= 4 is 12.4 Å². The second kappa shape index (κ2) is 4.26. The molecule has 1 saturated heterocycles. The zero-order valence-corrected chi connectivity index (χ0v) is 7.52. The number of nitrogens with one attached hydrogen (secondary N) is 1. The third-order valence-corrected chi connectivity index (χ3v) is 2.29. The molecule has 0 radical (unpaired) electrons. The highest BCUT2D eigenvalue weighted by Gasteiger charge is 2.34. The summed E-state index contributed by atoms with van der Waals surface area (Å²) in [6, 6.07) is 0. The van der Waals surface area contributed by atoms with Gasteiger partial charge >= 0.3 is 0 Å². The van der Waals surface area contributed by atoms with Crippen LogP contribution in [0.4, 0.5) is 0 Å². The fourth-order valence-corrected chi connectivity index (χ4v) is 1.24. The molecule has 3 nitrogen and oxygen atoms in total. The first-order valence-electron chi connectivity index (χ1n) is 3.69. The molecular weight excluding hydrogens is 166 g/mol. The maximum absolute atomic E-state index is 9.43. The van der Waals surface area contributed by atoms with Crippen LogP contribution in [0.5, 0.6) is 0 Å². The molecule has 3 N–H and O–H groups in total. The van der Waals surface area contributed by atoms with E-state index in [1.54, 1.807) is 0 Å². The highest BCUT2D eigenvalue weighted by atomic mass is 35.5. The van der Waals surface area contributed by atoms with Gasteiger partial charge < -0.3 is 15.5 Å². The Labute approximate surface area is 73.2 Å². The van der Waals surface area contributed by atoms with Crippen molar-refractivity contribution in [3.8, 4) is 0 Å². The molecule has 1 heterocycles. The number of halogens is 1. The molecular formula is C7H16ClNO2. The van der Waals surface area contributed by atoms with E-state index in [-0.39, 0.29) is 30.5 Å². The molecule has 0 spiro atoms. The van der Waals surface area contributed by atoms with Crippen molar-refractivity contribution in [2.24, 2.45) is 5.41 Å². The van der Waals surface area contributed by atoms with Crippen LogP contribution >= 0.6 is 12.4 Å². The fourth-order valence-electron chi connectivity index (χ4n) is 1.24. The standard InChI is InChI=1S/C7H15NO2.ClH/c1-7(5-9)4-8-3-2-6(7)10;/h6,8-10H,2-5H2,1H3;1H. The first kappa shape index (κ1) is 11.2. The highest BCUT2D eigenvalue weighted by Crippen LogP contribution is 2.24. The molecule has 0 aromatic heterocycles. The molecule has 1 fully saturated rings. The molecule has 4 heteroatoms. The van der Waals surface area contributed by atoms with E-state index in [2.05, 4.69) is 5.32 Å². The van der Waals surface area contributed by atoms with Crippen LogP contribution in [0.1, 0.15) is 13.3 Å². The first-order chi connectivity index (χ1) is 4.69. The van der Waals surface area contributed by atoms with Crippen LogP contribution in [-0.2, 0) is 0 Å². The van der Waals surface area contributed by atoms with Gasteiger partial charge in [-0.05, 0) is 13.0 Å². The SMILES string of the molecule is CC1(CO)CNCCC1O.Cl. The molecule has 0 aromatic rings. The molecule has 0 amide bonds. The Balaban J connectivity index is 0.000001000. The van der Waals surface area contributed by atoms with Gasteiger partial charge in [-0.3, -0.25) is 0 Å². The van der Waals surface area contributed by atoms with Crippen molar-refractivity contribution < 1.29 is 10.2 Å². The minimum atomic E-state index is -0.348. The molecule has 11 heavy (non-hydrogen) atoms. The van der Waals surface area contributed by atoms with Gasteiger partial charge in [-0.2, -0.15) is 0 Å². The Hall–Kier alpha value is 0.170. The molecule has 0 aliphatic carbocycles. The number of aliphatic hydroxyl groups excluding tert-OH is 2. The lowest BCUT2D eigenvalue weighted by Crippen LogP contribution is -2.50. The maximum atomic E-state index is 9.43. The van der Waals surface area contributed by atoms with Gasteiger partial charge in [0.15, 0.2) is 0 Å². The average molecular weight is 182 g/mol. The van der Waals surface area contributed by atoms with Crippen molar-refractivity contribution in [2.75, 3.05) is 19.7 Å². The topological polar surface area (TPSA) is 52.5 Å². The molecule has 68 valence electrons. The molecule has 2 unspecified atom stereocenters. The van der Waals surface area contributed by atoms with Gasteiger partial charge in [-0.15, -0.1) is 12.4 Å². The van der Waals surface area contributed by atoms with Gasteiger partial charge in [0.25, 0.3) is 0 Å². The van der Waals surface area contributed by atoms with E-state index >= 15 is 0 Å². The zero-order valence-electron chi connectivity index (χ0n) is 6.71. The van der Waals surface area contributed by atoms with E-state index in [9.17, 15) is 5.11 Å². The smallest absolute Gasteiger partial charge is 0.0640 e. The summed E-state index contributed by atoms with van der Waals surface area (Å²) in [7, 11) is 0. The molecule has 1 aliphatic heterocycles. The van der Waals surface area contributed by atoms with Crippen LogP contribution in [0, 0.1) is 5.41 Å². The van der Waals surface area contributed by atoms with Crippen molar-refractivity contribution in [3.63, 3.8) is 0 Å². The van der Waals surface area contributed by atoms with Gasteiger partial charge in [0.05, 0.1) is 12.7 Å². The minimum absolute atomic E-state index is 0. The summed E-state index contributed by atoms with van der Waals surface area (Å²) in [5.74, 6) is 0. The molecule has 0 bridgehead atoms. The third kappa shape index (κ3) is 2.30. The van der Waals surface area contributed by atoms with Crippen LogP contribution in [0.3, 0.4) is 0 Å². The van der Waals surface area contributed by atoms with E-state index in [4.69, 9.17) is 5.11 Å². The molecule has 1 rings (SSSR count). The highest BCUT2D eigenvalue weighted by molar-refractivity contribution is 5.85. The van der Waals surface area contributed by atoms with Crippen LogP contribution in [0.25, 0.3) is 0 Å². The summed E-state index contributed by atoms with van der Waals surface area (Å²) in [5, 5.41) is 21.5. The number of piperidine rings is 1. The monoisotopic (exact) mass is 181 g/mol. The summed E-state index contributed by atoms with van der Waals surface area (Å²) >= 11 is 0. The summed E-state index contributed by atoms with van der Waals surface area (Å²) in [6.45, 7) is 3.52. The van der Waals surface area contributed by atoms with E-state index in [1.807, 2.05) is 6.92 Å². The predicted molar refractivity (Wildman–Crippen MR) is 45.9 cm³/mol. The second-order valence-electron chi connectivity index (χ2n) is 3.29. The number of aliphatic hydroxyl groups is 2. The minimum Gasteiger partial charge on any atom is -0.396 e.